The quantitative estimate of drug-likeness (QED) is 0.225. The Labute approximate surface area is 204 Å². The van der Waals surface area contributed by atoms with Crippen molar-refractivity contribution >= 4 is 11.9 Å². The molecule has 1 N–H and O–H groups in total. The molecule has 0 aliphatic carbocycles. The number of phenolic OH excluding ortho intramolecular Hbond substituents is 1. The number of hydrogen-bond acceptors (Lipinski definition) is 2. The summed E-state index contributed by atoms with van der Waals surface area (Å²) in [6.07, 6.45) is 1.11. The minimum absolute atomic E-state index is 0.103. The molecule has 6 heteroatoms. The average Bonchev–Trinajstić information content (AvgIpc) is 2.77. The molecule has 0 amide bonds. The summed E-state index contributed by atoms with van der Waals surface area (Å²) in [5.41, 5.74) is 1.15. The molecule has 3 aromatic carbocycles. The van der Waals surface area contributed by atoms with E-state index in [-0.39, 0.29) is 23.0 Å². The molecular weight excluding hydrogens is 454 g/mol. The van der Waals surface area contributed by atoms with Crippen LogP contribution in [0.5, 0.6) is 5.75 Å². The summed E-state index contributed by atoms with van der Waals surface area (Å²) in [4.78, 5) is 4.48. The van der Waals surface area contributed by atoms with E-state index in [2.05, 4.69) is 25.8 Å². The lowest BCUT2D eigenvalue weighted by Crippen LogP contribution is -2.17. The summed E-state index contributed by atoms with van der Waals surface area (Å²) < 4.78 is 57.1. The summed E-state index contributed by atoms with van der Waals surface area (Å²) in [6.45, 7) is 13.2. The largest absolute Gasteiger partial charge is 0.507 e. The van der Waals surface area contributed by atoms with E-state index in [1.807, 2.05) is 32.9 Å². The first-order valence-electron chi connectivity index (χ1n) is 11.4. The van der Waals surface area contributed by atoms with Crippen molar-refractivity contribution < 1.29 is 22.7 Å². The van der Waals surface area contributed by atoms with Gasteiger partial charge in [0.05, 0.1) is 5.69 Å². The predicted octanol–water partition coefficient (Wildman–Crippen LogP) is 8.19. The summed E-state index contributed by atoms with van der Waals surface area (Å²) in [6, 6.07) is 10.4. The molecule has 0 heterocycles. The maximum Gasteiger partial charge on any atom is 0.165 e. The third-order valence-electron chi connectivity index (χ3n) is 6.09. The summed E-state index contributed by atoms with van der Waals surface area (Å²) in [5.74, 6) is -5.53. The minimum Gasteiger partial charge on any atom is -0.507 e. The number of para-hydroxylation sites is 1. The third kappa shape index (κ3) is 5.42. The number of halogens is 4. The van der Waals surface area contributed by atoms with Gasteiger partial charge in [-0.2, -0.15) is 0 Å². The highest BCUT2D eigenvalue weighted by Gasteiger charge is 2.25. The number of benzene rings is 3. The first kappa shape index (κ1) is 26.5. The molecule has 0 radical (unpaired) electrons. The van der Waals surface area contributed by atoms with Gasteiger partial charge in [0.15, 0.2) is 23.3 Å². The number of aromatic hydroxyl groups is 1. The minimum atomic E-state index is -1.41. The molecule has 0 atom stereocenters. The SMILES string of the molecule is Cc1c(F)c(F)c(Cc2ccccc2N=Cc2cc(C(C)(C)C)cc(C(C)(C)C)c2O)c(F)c1F. The molecule has 0 spiro atoms. The highest BCUT2D eigenvalue weighted by Crippen LogP contribution is 2.37. The van der Waals surface area contributed by atoms with Crippen molar-refractivity contribution in [3.63, 3.8) is 0 Å². The van der Waals surface area contributed by atoms with Crippen LogP contribution >= 0.6 is 0 Å². The van der Waals surface area contributed by atoms with E-state index >= 15 is 0 Å². The lowest BCUT2D eigenvalue weighted by atomic mass is 9.79. The predicted molar refractivity (Wildman–Crippen MR) is 133 cm³/mol. The van der Waals surface area contributed by atoms with Crippen LogP contribution in [0.25, 0.3) is 0 Å². The fourth-order valence-electron chi connectivity index (χ4n) is 3.82. The van der Waals surface area contributed by atoms with Gasteiger partial charge in [-0.3, -0.25) is 4.99 Å². The number of phenols is 1. The summed E-state index contributed by atoms with van der Waals surface area (Å²) >= 11 is 0. The van der Waals surface area contributed by atoms with Gasteiger partial charge in [-0.15, -0.1) is 0 Å². The van der Waals surface area contributed by atoms with Crippen molar-refractivity contribution in [1.82, 2.24) is 0 Å². The zero-order valence-corrected chi connectivity index (χ0v) is 21.2. The molecule has 186 valence electrons. The maximum absolute atomic E-state index is 14.5. The Kier molecular flexibility index (Phi) is 7.16. The van der Waals surface area contributed by atoms with E-state index < -0.39 is 34.4 Å². The average molecular weight is 486 g/mol. The maximum atomic E-state index is 14.5. The molecule has 3 aromatic rings. The Morgan fingerprint density at radius 3 is 1.94 bits per heavy atom. The van der Waals surface area contributed by atoms with Crippen molar-refractivity contribution in [3.05, 3.63) is 93.0 Å². The molecular formula is C29H31F4NO. The standard InChI is InChI=1S/C29H31F4NO/c1-16-23(30)25(32)20(26(33)24(16)31)13-17-10-8-9-11-22(17)34-15-18-12-19(28(2,3)4)14-21(27(18)35)29(5,6)7/h8-12,14-15,35H,13H2,1-7H3. The molecule has 2 nitrogen and oxygen atoms in total. The Bertz CT molecular complexity index is 1270. The van der Waals surface area contributed by atoms with Crippen molar-refractivity contribution in [2.45, 2.75) is 65.7 Å². The highest BCUT2D eigenvalue weighted by molar-refractivity contribution is 5.87. The molecule has 0 fully saturated rings. The molecule has 0 aliphatic heterocycles. The topological polar surface area (TPSA) is 32.6 Å². The zero-order chi connectivity index (χ0) is 26.3. The van der Waals surface area contributed by atoms with Crippen LogP contribution in [0.1, 0.15) is 74.9 Å². The zero-order valence-electron chi connectivity index (χ0n) is 21.2. The first-order valence-corrected chi connectivity index (χ1v) is 11.4. The van der Waals surface area contributed by atoms with Crippen molar-refractivity contribution in [2.24, 2.45) is 4.99 Å². The van der Waals surface area contributed by atoms with Crippen LogP contribution in [-0.4, -0.2) is 11.3 Å². The van der Waals surface area contributed by atoms with Crippen LogP contribution in [0.15, 0.2) is 41.4 Å². The van der Waals surface area contributed by atoms with E-state index in [1.54, 1.807) is 24.3 Å². The van der Waals surface area contributed by atoms with E-state index in [0.717, 1.165) is 18.1 Å². The normalized spacial score (nSPS) is 12.5. The second kappa shape index (κ2) is 9.48. The number of nitrogens with zero attached hydrogens (tertiary/aromatic N) is 1. The Morgan fingerprint density at radius 1 is 0.829 bits per heavy atom. The van der Waals surface area contributed by atoms with Crippen LogP contribution < -0.4 is 0 Å². The van der Waals surface area contributed by atoms with Crippen LogP contribution in [0, 0.1) is 30.2 Å². The number of aliphatic imine (C=N–C) groups is 1. The molecule has 0 bridgehead atoms. The van der Waals surface area contributed by atoms with Crippen LogP contribution in [0.2, 0.25) is 0 Å². The monoisotopic (exact) mass is 485 g/mol. The van der Waals surface area contributed by atoms with Gasteiger partial charge < -0.3 is 5.11 Å². The van der Waals surface area contributed by atoms with Gasteiger partial charge >= 0.3 is 0 Å². The first-order chi connectivity index (χ1) is 16.1. The second-order valence-electron chi connectivity index (χ2n) is 10.9. The van der Waals surface area contributed by atoms with Gasteiger partial charge in [-0.1, -0.05) is 65.8 Å². The fraction of sp³-hybridized carbons (Fsp3) is 0.345. The van der Waals surface area contributed by atoms with Gasteiger partial charge in [-0.05, 0) is 41.0 Å². The van der Waals surface area contributed by atoms with Crippen molar-refractivity contribution in [2.75, 3.05) is 0 Å². The van der Waals surface area contributed by atoms with E-state index in [4.69, 9.17) is 0 Å². The number of hydrogen-bond donors (Lipinski definition) is 1. The van der Waals surface area contributed by atoms with Gasteiger partial charge in [0.25, 0.3) is 0 Å². The Balaban J connectivity index is 2.09. The molecule has 0 saturated heterocycles. The lowest BCUT2D eigenvalue weighted by molar-refractivity contribution is 0.433. The van der Waals surface area contributed by atoms with Crippen molar-refractivity contribution in [1.29, 1.82) is 0 Å². The smallest absolute Gasteiger partial charge is 0.165 e. The highest BCUT2D eigenvalue weighted by atomic mass is 19.2. The Morgan fingerprint density at radius 2 is 1.40 bits per heavy atom. The van der Waals surface area contributed by atoms with Crippen LogP contribution in [0.4, 0.5) is 23.2 Å². The number of rotatable bonds is 4. The summed E-state index contributed by atoms with van der Waals surface area (Å²) in [7, 11) is 0. The Hall–Kier alpha value is -3.15. The fourth-order valence-corrected chi connectivity index (χ4v) is 3.82. The molecule has 0 unspecified atom stereocenters. The molecule has 0 aliphatic rings. The molecule has 35 heavy (non-hydrogen) atoms. The summed E-state index contributed by atoms with van der Waals surface area (Å²) in [5, 5.41) is 11.0. The van der Waals surface area contributed by atoms with Gasteiger partial charge in [0, 0.05) is 34.9 Å². The molecule has 3 rings (SSSR count). The van der Waals surface area contributed by atoms with Gasteiger partial charge in [0.2, 0.25) is 0 Å². The van der Waals surface area contributed by atoms with E-state index in [0.29, 0.717) is 16.8 Å². The molecule has 0 aromatic heterocycles. The molecule has 0 saturated carbocycles. The third-order valence-corrected chi connectivity index (χ3v) is 6.09. The second-order valence-corrected chi connectivity index (χ2v) is 10.9. The van der Waals surface area contributed by atoms with Crippen molar-refractivity contribution in [3.8, 4) is 5.75 Å². The van der Waals surface area contributed by atoms with Crippen LogP contribution in [-0.2, 0) is 17.3 Å². The van der Waals surface area contributed by atoms with E-state index in [9.17, 15) is 22.7 Å². The van der Waals surface area contributed by atoms with Gasteiger partial charge in [-0.25, -0.2) is 17.6 Å². The van der Waals surface area contributed by atoms with Gasteiger partial charge in [0.1, 0.15) is 5.75 Å². The van der Waals surface area contributed by atoms with E-state index in [1.165, 1.54) is 6.21 Å². The van der Waals surface area contributed by atoms with Crippen LogP contribution in [0.3, 0.4) is 0 Å². The lowest BCUT2D eigenvalue weighted by Gasteiger charge is -2.27.